The molecular weight excluding hydrogens is 347 g/mol. The minimum absolute atomic E-state index is 0.0103. The van der Waals surface area contributed by atoms with E-state index >= 15 is 0 Å². The molecule has 3 unspecified atom stereocenters. The number of nitrogens with zero attached hydrogens (tertiary/aromatic N) is 1. The minimum atomic E-state index is -4.35. The molecule has 0 radical (unpaired) electrons. The van der Waals surface area contributed by atoms with Crippen molar-refractivity contribution in [3.05, 3.63) is 35.4 Å². The van der Waals surface area contributed by atoms with Crippen LogP contribution >= 0.6 is 0 Å². The molecule has 1 saturated heterocycles. The number of esters is 1. The van der Waals surface area contributed by atoms with Crippen LogP contribution in [0.2, 0.25) is 0 Å². The SMILES string of the molecule is CCOC(=O)C1CCCN(C(=O)C2CC2c2ccc(C(F)(F)F)cc2)C1. The Kier molecular flexibility index (Phi) is 5.25. The highest BCUT2D eigenvalue weighted by Crippen LogP contribution is 2.49. The number of ether oxygens (including phenoxy) is 1. The summed E-state index contributed by atoms with van der Waals surface area (Å²) in [6, 6.07) is 5.04. The van der Waals surface area contributed by atoms with Gasteiger partial charge in [0.2, 0.25) is 5.91 Å². The first-order valence-corrected chi connectivity index (χ1v) is 8.93. The van der Waals surface area contributed by atoms with Gasteiger partial charge in [-0.05, 0) is 49.8 Å². The molecule has 3 atom stereocenters. The van der Waals surface area contributed by atoms with Crippen molar-refractivity contribution >= 4 is 11.9 Å². The molecule has 26 heavy (non-hydrogen) atoms. The minimum Gasteiger partial charge on any atom is -0.466 e. The van der Waals surface area contributed by atoms with Gasteiger partial charge < -0.3 is 9.64 Å². The first-order valence-electron chi connectivity index (χ1n) is 8.93. The Labute approximate surface area is 150 Å². The molecule has 7 heteroatoms. The molecule has 4 nitrogen and oxygen atoms in total. The molecule has 1 aromatic rings. The summed E-state index contributed by atoms with van der Waals surface area (Å²) in [7, 11) is 0. The highest BCUT2D eigenvalue weighted by atomic mass is 19.4. The van der Waals surface area contributed by atoms with Gasteiger partial charge in [-0.2, -0.15) is 13.2 Å². The summed E-state index contributed by atoms with van der Waals surface area (Å²) < 4.78 is 43.0. The van der Waals surface area contributed by atoms with Gasteiger partial charge in [0.1, 0.15) is 0 Å². The van der Waals surface area contributed by atoms with Gasteiger partial charge in [0.25, 0.3) is 0 Å². The standard InChI is InChI=1S/C19H22F3NO3/c1-2-26-18(25)13-4-3-9-23(11-13)17(24)16-10-15(16)12-5-7-14(8-6-12)19(20,21)22/h5-8,13,15-16H,2-4,9-11H2,1H3. The second-order valence-corrected chi connectivity index (χ2v) is 6.94. The normalized spacial score (nSPS) is 25.7. The van der Waals surface area contributed by atoms with Crippen LogP contribution in [0.4, 0.5) is 13.2 Å². The molecule has 1 aromatic carbocycles. The van der Waals surface area contributed by atoms with E-state index in [4.69, 9.17) is 4.74 Å². The lowest BCUT2D eigenvalue weighted by Crippen LogP contribution is -2.43. The Morgan fingerprint density at radius 1 is 1.23 bits per heavy atom. The van der Waals surface area contributed by atoms with E-state index in [-0.39, 0.29) is 29.6 Å². The fourth-order valence-corrected chi connectivity index (χ4v) is 3.62. The van der Waals surface area contributed by atoms with Crippen molar-refractivity contribution in [2.45, 2.75) is 38.3 Å². The average Bonchev–Trinajstić information content (AvgIpc) is 3.41. The van der Waals surface area contributed by atoms with E-state index in [1.807, 2.05) is 0 Å². The molecular formula is C19H22F3NO3. The van der Waals surface area contributed by atoms with E-state index in [9.17, 15) is 22.8 Å². The zero-order valence-corrected chi connectivity index (χ0v) is 14.6. The highest BCUT2D eigenvalue weighted by molar-refractivity contribution is 5.84. The smallest absolute Gasteiger partial charge is 0.416 e. The van der Waals surface area contributed by atoms with Crippen molar-refractivity contribution in [1.29, 1.82) is 0 Å². The molecule has 0 spiro atoms. The van der Waals surface area contributed by atoms with Crippen LogP contribution in [0.25, 0.3) is 0 Å². The predicted octanol–water partition coefficient (Wildman–Crippen LogP) is 3.61. The van der Waals surface area contributed by atoms with Gasteiger partial charge in [-0.1, -0.05) is 12.1 Å². The molecule has 1 amide bonds. The summed E-state index contributed by atoms with van der Waals surface area (Å²) in [6.07, 6.45) is -2.24. The number of alkyl halides is 3. The Morgan fingerprint density at radius 2 is 1.92 bits per heavy atom. The molecule has 2 fully saturated rings. The quantitative estimate of drug-likeness (QED) is 0.762. The first kappa shape index (κ1) is 18.7. The van der Waals surface area contributed by atoms with E-state index in [1.165, 1.54) is 12.1 Å². The number of hydrogen-bond donors (Lipinski definition) is 0. The Bertz CT molecular complexity index is 672. The summed E-state index contributed by atoms with van der Waals surface area (Å²) in [5, 5.41) is 0. The molecule has 1 saturated carbocycles. The van der Waals surface area contributed by atoms with Crippen LogP contribution < -0.4 is 0 Å². The van der Waals surface area contributed by atoms with Crippen LogP contribution in [-0.4, -0.2) is 36.5 Å². The van der Waals surface area contributed by atoms with Crippen LogP contribution in [0.3, 0.4) is 0 Å². The molecule has 0 bridgehead atoms. The van der Waals surface area contributed by atoms with E-state index in [2.05, 4.69) is 0 Å². The maximum absolute atomic E-state index is 12.7. The zero-order valence-electron chi connectivity index (χ0n) is 14.6. The maximum Gasteiger partial charge on any atom is 0.416 e. The van der Waals surface area contributed by atoms with Crippen molar-refractivity contribution in [1.82, 2.24) is 4.90 Å². The number of benzene rings is 1. The first-order chi connectivity index (χ1) is 12.3. The third kappa shape index (κ3) is 4.02. The third-order valence-electron chi connectivity index (χ3n) is 5.13. The van der Waals surface area contributed by atoms with E-state index in [0.29, 0.717) is 26.1 Å². The molecule has 3 rings (SSSR count). The number of carbonyl (C=O) groups excluding carboxylic acids is 2. The lowest BCUT2D eigenvalue weighted by Gasteiger charge is -2.31. The maximum atomic E-state index is 12.7. The van der Waals surface area contributed by atoms with Crippen LogP contribution in [0.15, 0.2) is 24.3 Å². The molecule has 2 aliphatic rings. The number of halogens is 3. The Hall–Kier alpha value is -2.05. The number of carbonyl (C=O) groups is 2. The monoisotopic (exact) mass is 369 g/mol. The lowest BCUT2D eigenvalue weighted by atomic mass is 9.97. The van der Waals surface area contributed by atoms with Gasteiger partial charge in [-0.15, -0.1) is 0 Å². The van der Waals surface area contributed by atoms with Gasteiger partial charge in [-0.25, -0.2) is 0 Å². The van der Waals surface area contributed by atoms with Crippen molar-refractivity contribution in [3.8, 4) is 0 Å². The van der Waals surface area contributed by atoms with Gasteiger partial charge in [-0.3, -0.25) is 9.59 Å². The fourth-order valence-electron chi connectivity index (χ4n) is 3.62. The number of amides is 1. The number of likely N-dealkylation sites (tertiary alicyclic amines) is 1. The topological polar surface area (TPSA) is 46.6 Å². The van der Waals surface area contributed by atoms with Crippen LogP contribution in [-0.2, 0) is 20.5 Å². The van der Waals surface area contributed by atoms with E-state index in [1.54, 1.807) is 11.8 Å². The van der Waals surface area contributed by atoms with E-state index < -0.39 is 11.7 Å². The summed E-state index contributed by atoms with van der Waals surface area (Å²) in [4.78, 5) is 26.3. The second-order valence-electron chi connectivity index (χ2n) is 6.94. The van der Waals surface area contributed by atoms with Gasteiger partial charge in [0.15, 0.2) is 0 Å². The Balaban J connectivity index is 1.59. The summed E-state index contributed by atoms with van der Waals surface area (Å²) in [6.45, 7) is 3.06. The van der Waals surface area contributed by atoms with Crippen molar-refractivity contribution < 1.29 is 27.5 Å². The lowest BCUT2D eigenvalue weighted by molar-refractivity contribution is -0.151. The van der Waals surface area contributed by atoms with Crippen LogP contribution in [0.5, 0.6) is 0 Å². The molecule has 0 N–H and O–H groups in total. The summed E-state index contributed by atoms with van der Waals surface area (Å²) in [5.74, 6) is -0.791. The zero-order chi connectivity index (χ0) is 18.9. The van der Waals surface area contributed by atoms with Crippen LogP contribution in [0.1, 0.15) is 43.2 Å². The van der Waals surface area contributed by atoms with Crippen molar-refractivity contribution in [2.75, 3.05) is 19.7 Å². The summed E-state index contributed by atoms with van der Waals surface area (Å²) in [5.41, 5.74) is 0.0772. The second kappa shape index (κ2) is 7.29. The molecule has 142 valence electrons. The Morgan fingerprint density at radius 3 is 2.54 bits per heavy atom. The molecule has 1 aliphatic heterocycles. The van der Waals surface area contributed by atoms with Crippen molar-refractivity contribution in [3.63, 3.8) is 0 Å². The molecule has 1 heterocycles. The summed E-state index contributed by atoms with van der Waals surface area (Å²) >= 11 is 0. The molecule has 1 aliphatic carbocycles. The molecule has 0 aromatic heterocycles. The van der Waals surface area contributed by atoms with Gasteiger partial charge in [0.05, 0.1) is 18.1 Å². The predicted molar refractivity (Wildman–Crippen MR) is 88.2 cm³/mol. The average molecular weight is 369 g/mol. The van der Waals surface area contributed by atoms with Gasteiger partial charge >= 0.3 is 12.1 Å². The highest BCUT2D eigenvalue weighted by Gasteiger charge is 2.47. The van der Waals surface area contributed by atoms with Gasteiger partial charge in [0, 0.05) is 19.0 Å². The number of piperidine rings is 1. The van der Waals surface area contributed by atoms with E-state index in [0.717, 1.165) is 30.5 Å². The largest absolute Gasteiger partial charge is 0.466 e. The fraction of sp³-hybridized carbons (Fsp3) is 0.579. The third-order valence-corrected chi connectivity index (χ3v) is 5.13. The number of hydrogen-bond acceptors (Lipinski definition) is 3. The number of rotatable bonds is 4. The van der Waals surface area contributed by atoms with Crippen molar-refractivity contribution in [2.24, 2.45) is 11.8 Å². The van der Waals surface area contributed by atoms with Crippen LogP contribution in [0, 0.1) is 11.8 Å².